The first-order valence-electron chi connectivity index (χ1n) is 7.38. The first-order chi connectivity index (χ1) is 11.4. The third-order valence-corrected chi connectivity index (χ3v) is 5.40. The standard InChI is InChI=1S/C16H16N2O5S/c1-23-15-8-7-14(18(19)20)10-16(15)24(21,22)17-13-6-5-11-3-2-4-12(11)9-13/h5-10,17H,2-4H2,1H3. The summed E-state index contributed by atoms with van der Waals surface area (Å²) in [4.78, 5) is 10.0. The minimum absolute atomic E-state index is 0.0502. The molecule has 0 unspecified atom stereocenters. The number of benzene rings is 2. The SMILES string of the molecule is COc1ccc([N+](=O)[O-])cc1S(=O)(=O)Nc1ccc2c(c1)CCC2. The molecule has 126 valence electrons. The highest BCUT2D eigenvalue weighted by molar-refractivity contribution is 7.92. The van der Waals surface area contributed by atoms with Crippen LogP contribution in [0.15, 0.2) is 41.3 Å². The van der Waals surface area contributed by atoms with E-state index in [0.717, 1.165) is 30.9 Å². The molecule has 0 aromatic heterocycles. The number of sulfonamides is 1. The molecule has 0 saturated heterocycles. The molecule has 0 aliphatic heterocycles. The number of hydrogen-bond donors (Lipinski definition) is 1. The van der Waals surface area contributed by atoms with Gasteiger partial charge in [-0.05, 0) is 48.6 Å². The Morgan fingerprint density at radius 3 is 2.58 bits per heavy atom. The Kier molecular flexibility index (Phi) is 4.15. The third kappa shape index (κ3) is 3.05. The van der Waals surface area contributed by atoms with Gasteiger partial charge in [0.05, 0.1) is 12.0 Å². The van der Waals surface area contributed by atoms with Gasteiger partial charge in [-0.1, -0.05) is 6.07 Å². The first-order valence-corrected chi connectivity index (χ1v) is 8.86. The second-order valence-corrected chi connectivity index (χ2v) is 7.19. The minimum Gasteiger partial charge on any atom is -0.495 e. The number of aryl methyl sites for hydroxylation is 2. The van der Waals surface area contributed by atoms with E-state index < -0.39 is 14.9 Å². The molecule has 0 bridgehead atoms. The zero-order chi connectivity index (χ0) is 17.3. The van der Waals surface area contributed by atoms with Crippen LogP contribution in [0.5, 0.6) is 5.75 Å². The average Bonchev–Trinajstić information content (AvgIpc) is 3.01. The molecule has 8 heteroatoms. The molecule has 2 aromatic rings. The van der Waals surface area contributed by atoms with Crippen molar-refractivity contribution in [3.05, 3.63) is 57.6 Å². The maximum Gasteiger partial charge on any atom is 0.271 e. The molecular formula is C16H16N2O5S. The van der Waals surface area contributed by atoms with Gasteiger partial charge in [0.15, 0.2) is 0 Å². The van der Waals surface area contributed by atoms with Gasteiger partial charge in [-0.25, -0.2) is 8.42 Å². The number of nitrogens with zero attached hydrogens (tertiary/aromatic N) is 1. The fraction of sp³-hybridized carbons (Fsp3) is 0.250. The van der Waals surface area contributed by atoms with E-state index in [0.29, 0.717) is 5.69 Å². The van der Waals surface area contributed by atoms with E-state index in [9.17, 15) is 18.5 Å². The molecule has 1 aliphatic rings. The smallest absolute Gasteiger partial charge is 0.271 e. The largest absolute Gasteiger partial charge is 0.495 e. The summed E-state index contributed by atoms with van der Waals surface area (Å²) in [6, 6.07) is 8.89. The van der Waals surface area contributed by atoms with Crippen molar-refractivity contribution in [1.82, 2.24) is 0 Å². The lowest BCUT2D eigenvalue weighted by Crippen LogP contribution is -2.14. The Labute approximate surface area is 139 Å². The van der Waals surface area contributed by atoms with Crippen molar-refractivity contribution in [2.75, 3.05) is 11.8 Å². The van der Waals surface area contributed by atoms with Gasteiger partial charge in [0.2, 0.25) is 0 Å². The molecule has 24 heavy (non-hydrogen) atoms. The molecular weight excluding hydrogens is 332 g/mol. The number of non-ortho nitro benzene ring substituents is 1. The second-order valence-electron chi connectivity index (χ2n) is 5.53. The van der Waals surface area contributed by atoms with Crippen molar-refractivity contribution in [1.29, 1.82) is 0 Å². The van der Waals surface area contributed by atoms with Crippen molar-refractivity contribution in [2.45, 2.75) is 24.2 Å². The van der Waals surface area contributed by atoms with Gasteiger partial charge in [-0.3, -0.25) is 14.8 Å². The molecule has 0 spiro atoms. The van der Waals surface area contributed by atoms with Gasteiger partial charge in [-0.15, -0.1) is 0 Å². The quantitative estimate of drug-likeness (QED) is 0.662. The fourth-order valence-electron chi connectivity index (χ4n) is 2.83. The van der Waals surface area contributed by atoms with Crippen LogP contribution in [0.2, 0.25) is 0 Å². The number of anilines is 1. The fourth-order valence-corrected chi connectivity index (χ4v) is 4.07. The molecule has 0 amide bonds. The maximum absolute atomic E-state index is 12.6. The van der Waals surface area contributed by atoms with Crippen LogP contribution in [0.25, 0.3) is 0 Å². The van der Waals surface area contributed by atoms with E-state index in [1.54, 1.807) is 6.07 Å². The monoisotopic (exact) mass is 348 g/mol. The van der Waals surface area contributed by atoms with E-state index in [1.165, 1.54) is 24.8 Å². The summed E-state index contributed by atoms with van der Waals surface area (Å²) < 4.78 is 32.8. The average molecular weight is 348 g/mol. The summed E-state index contributed by atoms with van der Waals surface area (Å²) in [6.45, 7) is 0. The Morgan fingerprint density at radius 2 is 1.88 bits per heavy atom. The van der Waals surface area contributed by atoms with E-state index >= 15 is 0 Å². The van der Waals surface area contributed by atoms with Crippen molar-refractivity contribution < 1.29 is 18.1 Å². The van der Waals surface area contributed by atoms with E-state index in [1.807, 2.05) is 12.1 Å². The van der Waals surface area contributed by atoms with Crippen LogP contribution in [0.3, 0.4) is 0 Å². The normalized spacial score (nSPS) is 13.4. The molecule has 0 saturated carbocycles. The van der Waals surface area contributed by atoms with Crippen molar-refractivity contribution in [3.8, 4) is 5.75 Å². The van der Waals surface area contributed by atoms with E-state index in [2.05, 4.69) is 4.72 Å². The van der Waals surface area contributed by atoms with Crippen LogP contribution in [-0.2, 0) is 22.9 Å². The molecule has 2 aromatic carbocycles. The molecule has 3 rings (SSSR count). The summed E-state index contributed by atoms with van der Waals surface area (Å²) >= 11 is 0. The van der Waals surface area contributed by atoms with Gasteiger partial charge < -0.3 is 4.74 Å². The van der Waals surface area contributed by atoms with Crippen molar-refractivity contribution in [3.63, 3.8) is 0 Å². The highest BCUT2D eigenvalue weighted by atomic mass is 32.2. The number of nitro benzene ring substituents is 1. The molecule has 0 radical (unpaired) electrons. The number of rotatable bonds is 5. The molecule has 7 nitrogen and oxygen atoms in total. The van der Waals surface area contributed by atoms with Gasteiger partial charge in [0.25, 0.3) is 15.7 Å². The number of nitrogens with one attached hydrogen (secondary N) is 1. The van der Waals surface area contributed by atoms with Gasteiger partial charge in [0, 0.05) is 17.8 Å². The number of fused-ring (bicyclic) bond motifs is 1. The minimum atomic E-state index is -4.01. The number of methoxy groups -OCH3 is 1. The van der Waals surface area contributed by atoms with Crippen LogP contribution in [0.4, 0.5) is 11.4 Å². The molecule has 0 heterocycles. The predicted molar refractivity (Wildman–Crippen MR) is 88.9 cm³/mol. The number of nitro groups is 1. The summed E-state index contributed by atoms with van der Waals surface area (Å²) in [6.07, 6.45) is 2.98. The summed E-state index contributed by atoms with van der Waals surface area (Å²) in [5.41, 5.74) is 2.47. The van der Waals surface area contributed by atoms with Gasteiger partial charge in [-0.2, -0.15) is 0 Å². The first kappa shape index (κ1) is 16.3. The van der Waals surface area contributed by atoms with Crippen LogP contribution in [0.1, 0.15) is 17.5 Å². The Hall–Kier alpha value is -2.61. The second kappa shape index (κ2) is 6.12. The van der Waals surface area contributed by atoms with E-state index in [4.69, 9.17) is 4.74 Å². The zero-order valence-corrected chi connectivity index (χ0v) is 13.8. The highest BCUT2D eigenvalue weighted by Crippen LogP contribution is 2.31. The van der Waals surface area contributed by atoms with E-state index in [-0.39, 0.29) is 16.3 Å². The molecule has 1 aliphatic carbocycles. The predicted octanol–water partition coefficient (Wildman–Crippen LogP) is 2.89. The van der Waals surface area contributed by atoms with Crippen molar-refractivity contribution in [2.24, 2.45) is 0 Å². The van der Waals surface area contributed by atoms with Gasteiger partial charge >= 0.3 is 0 Å². The lowest BCUT2D eigenvalue weighted by molar-refractivity contribution is -0.385. The molecule has 0 atom stereocenters. The lowest BCUT2D eigenvalue weighted by atomic mass is 10.1. The Balaban J connectivity index is 1.98. The van der Waals surface area contributed by atoms with Gasteiger partial charge in [0.1, 0.15) is 10.6 Å². The van der Waals surface area contributed by atoms with Crippen LogP contribution < -0.4 is 9.46 Å². The third-order valence-electron chi connectivity index (χ3n) is 4.00. The van der Waals surface area contributed by atoms with Crippen LogP contribution >= 0.6 is 0 Å². The van der Waals surface area contributed by atoms with Crippen LogP contribution in [-0.4, -0.2) is 20.5 Å². The Morgan fingerprint density at radius 1 is 1.12 bits per heavy atom. The Bertz CT molecular complexity index is 909. The van der Waals surface area contributed by atoms with Crippen LogP contribution in [0, 0.1) is 10.1 Å². The number of hydrogen-bond acceptors (Lipinski definition) is 5. The molecule has 0 fully saturated rings. The maximum atomic E-state index is 12.6. The summed E-state index contributed by atoms with van der Waals surface area (Å²) in [5, 5.41) is 10.9. The summed E-state index contributed by atoms with van der Waals surface area (Å²) in [7, 11) is -2.69. The summed E-state index contributed by atoms with van der Waals surface area (Å²) in [5.74, 6) is 0.0502. The number of ether oxygens (including phenoxy) is 1. The lowest BCUT2D eigenvalue weighted by Gasteiger charge is -2.12. The highest BCUT2D eigenvalue weighted by Gasteiger charge is 2.24. The molecule has 1 N–H and O–H groups in total. The zero-order valence-electron chi connectivity index (χ0n) is 13.0. The van der Waals surface area contributed by atoms with Crippen molar-refractivity contribution >= 4 is 21.4 Å². The topological polar surface area (TPSA) is 98.5 Å².